The van der Waals surface area contributed by atoms with Crippen molar-refractivity contribution in [1.29, 1.82) is 0 Å². The van der Waals surface area contributed by atoms with E-state index in [-0.39, 0.29) is 0 Å². The molecule has 0 spiro atoms. The number of fused-ring (bicyclic) bond motifs is 3. The Hall–Kier alpha value is -4.24. The number of methoxy groups -OCH3 is 1. The zero-order valence-corrected chi connectivity index (χ0v) is 25.9. The quantitative estimate of drug-likeness (QED) is 0.171. The first-order valence-corrected chi connectivity index (χ1v) is 15.6. The summed E-state index contributed by atoms with van der Waals surface area (Å²) in [6, 6.07) is 27.7. The topological polar surface area (TPSA) is 72.6 Å². The SMILES string of the molecule is COc1ccc2[nH]c3c(c2c1)CCN(Cc1ccc(CN(CCNCc2ccccn2)CCN(C)c2ccccn2)cc1)C3. The first kappa shape index (κ1) is 29.8. The molecule has 8 nitrogen and oxygen atoms in total. The van der Waals surface area contributed by atoms with Crippen LogP contribution in [0.4, 0.5) is 5.82 Å². The van der Waals surface area contributed by atoms with Crippen LogP contribution in [-0.2, 0) is 32.6 Å². The highest BCUT2D eigenvalue weighted by Crippen LogP contribution is 2.30. The molecule has 8 heteroatoms. The van der Waals surface area contributed by atoms with Crippen LogP contribution in [0.2, 0.25) is 0 Å². The van der Waals surface area contributed by atoms with Crippen LogP contribution in [0, 0.1) is 0 Å². The average molecular weight is 590 g/mol. The van der Waals surface area contributed by atoms with Gasteiger partial charge in [-0.2, -0.15) is 0 Å². The summed E-state index contributed by atoms with van der Waals surface area (Å²) in [5, 5.41) is 4.87. The molecule has 2 aromatic carbocycles. The molecule has 0 aliphatic carbocycles. The summed E-state index contributed by atoms with van der Waals surface area (Å²) in [5.74, 6) is 1.92. The lowest BCUT2D eigenvalue weighted by molar-refractivity contribution is 0.243. The molecule has 0 amide bonds. The zero-order chi connectivity index (χ0) is 30.1. The van der Waals surface area contributed by atoms with Gasteiger partial charge < -0.3 is 19.9 Å². The Bertz CT molecular complexity index is 1600. The molecule has 0 fully saturated rings. The van der Waals surface area contributed by atoms with Gasteiger partial charge in [-0.3, -0.25) is 14.8 Å². The summed E-state index contributed by atoms with van der Waals surface area (Å²) >= 11 is 0. The molecule has 0 bridgehead atoms. The van der Waals surface area contributed by atoms with Crippen molar-refractivity contribution in [3.8, 4) is 5.75 Å². The third-order valence-electron chi connectivity index (χ3n) is 8.53. The number of benzene rings is 2. The van der Waals surface area contributed by atoms with Gasteiger partial charge in [0, 0.05) is 94.9 Å². The fourth-order valence-electron chi connectivity index (χ4n) is 6.02. The molecule has 2 N–H and O–H groups in total. The zero-order valence-electron chi connectivity index (χ0n) is 25.9. The van der Waals surface area contributed by atoms with E-state index in [1.807, 2.05) is 42.7 Å². The molecule has 0 radical (unpaired) electrons. The van der Waals surface area contributed by atoms with E-state index < -0.39 is 0 Å². The monoisotopic (exact) mass is 589 g/mol. The summed E-state index contributed by atoms with van der Waals surface area (Å²) in [6.07, 6.45) is 4.76. The molecule has 4 heterocycles. The van der Waals surface area contributed by atoms with Crippen molar-refractivity contribution in [2.24, 2.45) is 0 Å². The Morgan fingerprint density at radius 2 is 1.73 bits per heavy atom. The molecule has 0 saturated heterocycles. The number of aromatic amines is 1. The second-order valence-corrected chi connectivity index (χ2v) is 11.7. The number of ether oxygens (including phenoxy) is 1. The fourth-order valence-corrected chi connectivity index (χ4v) is 6.02. The molecular formula is C36H43N7O. The molecule has 228 valence electrons. The van der Waals surface area contributed by atoms with Crippen molar-refractivity contribution in [3.05, 3.63) is 119 Å². The van der Waals surface area contributed by atoms with Gasteiger partial charge in [0.05, 0.1) is 12.8 Å². The lowest BCUT2D eigenvalue weighted by Crippen LogP contribution is -2.37. The predicted molar refractivity (Wildman–Crippen MR) is 178 cm³/mol. The minimum absolute atomic E-state index is 0.780. The number of nitrogens with zero attached hydrogens (tertiary/aromatic N) is 5. The minimum Gasteiger partial charge on any atom is -0.497 e. The van der Waals surface area contributed by atoms with Crippen LogP contribution in [0.15, 0.2) is 91.3 Å². The smallest absolute Gasteiger partial charge is 0.128 e. The van der Waals surface area contributed by atoms with Crippen molar-refractivity contribution in [3.63, 3.8) is 0 Å². The molecule has 0 unspecified atom stereocenters. The maximum absolute atomic E-state index is 5.46. The lowest BCUT2D eigenvalue weighted by atomic mass is 10.0. The van der Waals surface area contributed by atoms with Gasteiger partial charge in [0.15, 0.2) is 0 Å². The van der Waals surface area contributed by atoms with Crippen LogP contribution in [-0.4, -0.2) is 71.6 Å². The predicted octanol–water partition coefficient (Wildman–Crippen LogP) is 5.25. The van der Waals surface area contributed by atoms with Crippen molar-refractivity contribution in [2.45, 2.75) is 32.6 Å². The number of rotatable bonds is 14. The van der Waals surface area contributed by atoms with Crippen LogP contribution in [0.5, 0.6) is 5.75 Å². The standard InChI is InChI=1S/C36H43N7O/c1-41(36-8-4-6-17-39-36)21-22-42(20-18-37-24-30-7-3-5-16-38-30)25-28-9-11-29(12-10-28)26-43-19-15-32-33-23-31(44-2)13-14-34(33)40-35(32)27-43/h3-14,16-17,23,37,40H,15,18-22,24-27H2,1-2H3. The van der Waals surface area contributed by atoms with E-state index in [0.29, 0.717) is 0 Å². The number of hydrogen-bond acceptors (Lipinski definition) is 7. The van der Waals surface area contributed by atoms with Crippen LogP contribution < -0.4 is 15.0 Å². The highest BCUT2D eigenvalue weighted by Gasteiger charge is 2.21. The van der Waals surface area contributed by atoms with Gasteiger partial charge in [0.25, 0.3) is 0 Å². The third-order valence-corrected chi connectivity index (χ3v) is 8.53. The van der Waals surface area contributed by atoms with Crippen LogP contribution in [0.3, 0.4) is 0 Å². The number of anilines is 1. The van der Waals surface area contributed by atoms with E-state index in [1.165, 1.54) is 33.3 Å². The number of aromatic nitrogens is 3. The molecule has 6 rings (SSSR count). The van der Waals surface area contributed by atoms with Crippen molar-refractivity contribution in [2.75, 3.05) is 51.8 Å². The third kappa shape index (κ3) is 7.63. The number of nitrogens with one attached hydrogen (secondary N) is 2. The van der Waals surface area contributed by atoms with Gasteiger partial charge in [-0.25, -0.2) is 4.98 Å². The van der Waals surface area contributed by atoms with Gasteiger partial charge in [-0.15, -0.1) is 0 Å². The van der Waals surface area contributed by atoms with E-state index >= 15 is 0 Å². The minimum atomic E-state index is 0.780. The van der Waals surface area contributed by atoms with Crippen LogP contribution >= 0.6 is 0 Å². The van der Waals surface area contributed by atoms with E-state index in [1.54, 1.807) is 7.11 Å². The summed E-state index contributed by atoms with van der Waals surface area (Å²) in [4.78, 5) is 19.9. The molecule has 5 aromatic rings. The first-order chi connectivity index (χ1) is 21.6. The highest BCUT2D eigenvalue weighted by atomic mass is 16.5. The Morgan fingerprint density at radius 3 is 2.50 bits per heavy atom. The summed E-state index contributed by atoms with van der Waals surface area (Å²) < 4.78 is 5.46. The Balaban J connectivity index is 1.05. The summed E-state index contributed by atoms with van der Waals surface area (Å²) in [7, 11) is 3.85. The molecular weight excluding hydrogens is 546 g/mol. The van der Waals surface area contributed by atoms with Gasteiger partial charge in [0.2, 0.25) is 0 Å². The van der Waals surface area contributed by atoms with Crippen LogP contribution in [0.1, 0.15) is 28.1 Å². The maximum Gasteiger partial charge on any atom is 0.128 e. The summed E-state index contributed by atoms with van der Waals surface area (Å²) in [6.45, 7) is 8.36. The molecule has 3 aromatic heterocycles. The Labute approximate surface area is 260 Å². The van der Waals surface area contributed by atoms with E-state index in [2.05, 4.69) is 90.5 Å². The second-order valence-electron chi connectivity index (χ2n) is 11.7. The molecule has 1 aliphatic heterocycles. The van der Waals surface area contributed by atoms with Crippen molar-refractivity contribution >= 4 is 16.7 Å². The second kappa shape index (κ2) is 14.5. The molecule has 1 aliphatic rings. The normalized spacial score (nSPS) is 13.3. The van der Waals surface area contributed by atoms with E-state index in [0.717, 1.165) is 82.6 Å². The molecule has 0 saturated carbocycles. The number of H-pyrrole nitrogens is 1. The van der Waals surface area contributed by atoms with Gasteiger partial charge in [-0.1, -0.05) is 36.4 Å². The van der Waals surface area contributed by atoms with Crippen LogP contribution in [0.25, 0.3) is 10.9 Å². The number of likely N-dealkylation sites (N-methyl/N-ethyl adjacent to an activating group) is 1. The first-order valence-electron chi connectivity index (χ1n) is 15.6. The number of hydrogen-bond donors (Lipinski definition) is 2. The summed E-state index contributed by atoms with van der Waals surface area (Å²) in [5.41, 5.74) is 7.73. The van der Waals surface area contributed by atoms with E-state index in [9.17, 15) is 0 Å². The Kier molecular flexibility index (Phi) is 9.82. The van der Waals surface area contributed by atoms with Gasteiger partial charge >= 0.3 is 0 Å². The Morgan fingerprint density at radius 1 is 0.909 bits per heavy atom. The van der Waals surface area contributed by atoms with Gasteiger partial charge in [0.1, 0.15) is 11.6 Å². The fraction of sp³-hybridized carbons (Fsp3) is 0.333. The molecule has 0 atom stereocenters. The van der Waals surface area contributed by atoms with Gasteiger partial charge in [-0.05, 0) is 65.6 Å². The van der Waals surface area contributed by atoms with Crippen molar-refractivity contribution < 1.29 is 4.74 Å². The largest absolute Gasteiger partial charge is 0.497 e. The van der Waals surface area contributed by atoms with E-state index in [4.69, 9.17) is 4.74 Å². The van der Waals surface area contributed by atoms with Crippen molar-refractivity contribution in [1.82, 2.24) is 30.1 Å². The lowest BCUT2D eigenvalue weighted by Gasteiger charge is -2.27. The number of pyridine rings is 2. The average Bonchev–Trinajstić information content (AvgIpc) is 3.44. The molecule has 44 heavy (non-hydrogen) atoms. The maximum atomic E-state index is 5.46. The highest BCUT2D eigenvalue weighted by molar-refractivity contribution is 5.86.